The molecule has 0 atom stereocenters. The van der Waals surface area contributed by atoms with Crippen LogP contribution in [0.5, 0.6) is 5.75 Å². The Morgan fingerprint density at radius 1 is 1.25 bits per heavy atom. The zero-order valence-electron chi connectivity index (χ0n) is 12.1. The third kappa shape index (κ3) is 3.84. The Labute approximate surface area is 118 Å². The van der Waals surface area contributed by atoms with E-state index in [-0.39, 0.29) is 5.63 Å². The summed E-state index contributed by atoms with van der Waals surface area (Å²) >= 11 is 0. The Kier molecular flexibility index (Phi) is 5.18. The molecular formula is C16H21NO3. The Bertz CT molecular complexity index is 607. The Balaban J connectivity index is 0.000000247. The van der Waals surface area contributed by atoms with Gasteiger partial charge in [-0.2, -0.15) is 0 Å². The van der Waals surface area contributed by atoms with Crippen LogP contribution in [-0.4, -0.2) is 19.7 Å². The van der Waals surface area contributed by atoms with Gasteiger partial charge in [-0.15, -0.1) is 0 Å². The number of hydrogen-bond donors (Lipinski definition) is 1. The highest BCUT2D eigenvalue weighted by molar-refractivity contribution is 5.83. The van der Waals surface area contributed by atoms with E-state index in [4.69, 9.17) is 9.15 Å². The van der Waals surface area contributed by atoms with Gasteiger partial charge >= 0.3 is 5.63 Å². The van der Waals surface area contributed by atoms with Gasteiger partial charge in [0.1, 0.15) is 11.3 Å². The van der Waals surface area contributed by atoms with Gasteiger partial charge in [-0.05, 0) is 51.9 Å². The molecule has 0 radical (unpaired) electrons. The lowest BCUT2D eigenvalue weighted by Gasteiger charge is -2.06. The summed E-state index contributed by atoms with van der Waals surface area (Å²) in [5, 5.41) is 4.07. The molecule has 1 N–H and O–H groups in total. The second-order valence-electron chi connectivity index (χ2n) is 4.82. The lowest BCUT2D eigenvalue weighted by atomic mass is 10.1. The van der Waals surface area contributed by atoms with Gasteiger partial charge in [0, 0.05) is 0 Å². The molecule has 1 aliphatic heterocycles. The summed E-state index contributed by atoms with van der Waals surface area (Å²) in [4.78, 5) is 11.2. The second kappa shape index (κ2) is 7.10. The third-order valence-corrected chi connectivity index (χ3v) is 3.12. The van der Waals surface area contributed by atoms with Crippen molar-refractivity contribution in [2.24, 2.45) is 0 Å². The highest BCUT2D eigenvalue weighted by atomic mass is 16.5. The topological polar surface area (TPSA) is 51.5 Å². The van der Waals surface area contributed by atoms with E-state index < -0.39 is 0 Å². The SMILES string of the molecule is C1CCNC1.CCOc1cc(=O)oc2ccc(C)cc12. The van der Waals surface area contributed by atoms with E-state index in [1.165, 1.54) is 32.0 Å². The Hall–Kier alpha value is -1.81. The molecule has 1 fully saturated rings. The van der Waals surface area contributed by atoms with Crippen LogP contribution < -0.4 is 15.7 Å². The number of benzene rings is 1. The average molecular weight is 275 g/mol. The maximum Gasteiger partial charge on any atom is 0.339 e. The minimum atomic E-state index is -0.380. The molecule has 2 heterocycles. The first-order valence-corrected chi connectivity index (χ1v) is 7.08. The van der Waals surface area contributed by atoms with Crippen LogP contribution in [0.25, 0.3) is 11.0 Å². The van der Waals surface area contributed by atoms with Crippen molar-refractivity contribution in [2.75, 3.05) is 19.7 Å². The Morgan fingerprint density at radius 3 is 2.60 bits per heavy atom. The van der Waals surface area contributed by atoms with E-state index in [0.717, 1.165) is 10.9 Å². The summed E-state index contributed by atoms with van der Waals surface area (Å²) in [7, 11) is 0. The molecule has 1 aromatic carbocycles. The number of rotatable bonds is 2. The van der Waals surface area contributed by atoms with Gasteiger partial charge in [0.15, 0.2) is 0 Å². The number of aryl methyl sites for hydroxylation is 1. The Morgan fingerprint density at radius 2 is 2.00 bits per heavy atom. The lowest BCUT2D eigenvalue weighted by Crippen LogP contribution is -2.03. The van der Waals surface area contributed by atoms with Crippen molar-refractivity contribution in [2.45, 2.75) is 26.7 Å². The van der Waals surface area contributed by atoms with Crippen LogP contribution in [0, 0.1) is 6.92 Å². The van der Waals surface area contributed by atoms with Gasteiger partial charge in [0.2, 0.25) is 0 Å². The smallest absolute Gasteiger partial charge is 0.339 e. The molecule has 4 nitrogen and oxygen atoms in total. The van der Waals surface area contributed by atoms with Gasteiger partial charge in [0.05, 0.1) is 18.1 Å². The summed E-state index contributed by atoms with van der Waals surface area (Å²) in [6, 6.07) is 7.02. The van der Waals surface area contributed by atoms with Crippen molar-refractivity contribution in [3.8, 4) is 5.75 Å². The van der Waals surface area contributed by atoms with E-state index >= 15 is 0 Å². The standard InChI is InChI=1S/C12H12O3.C4H9N/c1-3-14-11-7-12(13)15-10-5-4-8(2)6-9(10)11;1-2-4-5-3-1/h4-7H,3H2,1-2H3;5H,1-4H2. The van der Waals surface area contributed by atoms with Crippen LogP contribution in [0.15, 0.2) is 33.5 Å². The average Bonchev–Trinajstić information content (AvgIpc) is 2.99. The normalized spacial score (nSPS) is 13.9. The second-order valence-corrected chi connectivity index (χ2v) is 4.82. The molecule has 1 aromatic heterocycles. The van der Waals surface area contributed by atoms with Crippen LogP contribution in [0.2, 0.25) is 0 Å². The zero-order chi connectivity index (χ0) is 14.4. The number of hydrogen-bond acceptors (Lipinski definition) is 4. The first-order chi connectivity index (χ1) is 9.70. The molecule has 4 heteroatoms. The van der Waals surface area contributed by atoms with Gasteiger partial charge in [0.25, 0.3) is 0 Å². The third-order valence-electron chi connectivity index (χ3n) is 3.12. The first kappa shape index (κ1) is 14.6. The highest BCUT2D eigenvalue weighted by Crippen LogP contribution is 2.24. The van der Waals surface area contributed by atoms with Gasteiger partial charge in [-0.3, -0.25) is 0 Å². The van der Waals surface area contributed by atoms with E-state index in [1.54, 1.807) is 6.07 Å². The molecular weight excluding hydrogens is 254 g/mol. The summed E-state index contributed by atoms with van der Waals surface area (Å²) in [6.07, 6.45) is 2.78. The predicted octanol–water partition coefficient (Wildman–Crippen LogP) is 2.87. The molecule has 1 aliphatic rings. The van der Waals surface area contributed by atoms with Crippen LogP contribution in [-0.2, 0) is 0 Å². The van der Waals surface area contributed by atoms with Gasteiger partial charge in [-0.1, -0.05) is 11.6 Å². The molecule has 108 valence electrons. The minimum absolute atomic E-state index is 0.380. The van der Waals surface area contributed by atoms with Crippen LogP contribution in [0.1, 0.15) is 25.3 Å². The van der Waals surface area contributed by atoms with E-state index in [2.05, 4.69) is 5.32 Å². The largest absolute Gasteiger partial charge is 0.493 e. The van der Waals surface area contributed by atoms with Crippen molar-refractivity contribution >= 4 is 11.0 Å². The number of fused-ring (bicyclic) bond motifs is 1. The van der Waals surface area contributed by atoms with Crippen molar-refractivity contribution in [3.63, 3.8) is 0 Å². The predicted molar refractivity (Wildman–Crippen MR) is 80.5 cm³/mol. The first-order valence-electron chi connectivity index (χ1n) is 7.08. The summed E-state index contributed by atoms with van der Waals surface area (Å²) in [5.74, 6) is 0.590. The molecule has 1 saturated heterocycles. The van der Waals surface area contributed by atoms with E-state index in [1.807, 2.05) is 26.0 Å². The van der Waals surface area contributed by atoms with Crippen molar-refractivity contribution in [3.05, 3.63) is 40.2 Å². The number of ether oxygens (including phenoxy) is 1. The summed E-state index contributed by atoms with van der Waals surface area (Å²) in [6.45, 7) is 6.91. The molecule has 0 aliphatic carbocycles. The maximum absolute atomic E-state index is 11.2. The lowest BCUT2D eigenvalue weighted by molar-refractivity contribution is 0.341. The van der Waals surface area contributed by atoms with Gasteiger partial charge < -0.3 is 14.5 Å². The van der Waals surface area contributed by atoms with Crippen LogP contribution >= 0.6 is 0 Å². The fourth-order valence-electron chi connectivity index (χ4n) is 2.15. The van der Waals surface area contributed by atoms with Crippen LogP contribution in [0.4, 0.5) is 0 Å². The number of nitrogens with one attached hydrogen (secondary N) is 1. The molecule has 3 rings (SSSR count). The van der Waals surface area contributed by atoms with Crippen molar-refractivity contribution in [1.29, 1.82) is 0 Å². The zero-order valence-corrected chi connectivity index (χ0v) is 12.1. The highest BCUT2D eigenvalue weighted by Gasteiger charge is 2.05. The summed E-state index contributed by atoms with van der Waals surface area (Å²) < 4.78 is 10.5. The molecule has 20 heavy (non-hydrogen) atoms. The monoisotopic (exact) mass is 275 g/mol. The van der Waals surface area contributed by atoms with E-state index in [0.29, 0.717) is 17.9 Å². The molecule has 0 bridgehead atoms. The molecule has 0 amide bonds. The fraction of sp³-hybridized carbons (Fsp3) is 0.438. The van der Waals surface area contributed by atoms with Crippen molar-refractivity contribution in [1.82, 2.24) is 5.32 Å². The van der Waals surface area contributed by atoms with Crippen LogP contribution in [0.3, 0.4) is 0 Å². The molecule has 0 unspecified atom stereocenters. The summed E-state index contributed by atoms with van der Waals surface area (Å²) in [5.41, 5.74) is 1.30. The minimum Gasteiger partial charge on any atom is -0.493 e. The quantitative estimate of drug-likeness (QED) is 0.856. The molecule has 2 aromatic rings. The molecule has 0 saturated carbocycles. The van der Waals surface area contributed by atoms with Gasteiger partial charge in [-0.25, -0.2) is 4.79 Å². The van der Waals surface area contributed by atoms with E-state index in [9.17, 15) is 4.79 Å². The molecule has 0 spiro atoms. The maximum atomic E-state index is 11.2. The van der Waals surface area contributed by atoms with Crippen molar-refractivity contribution < 1.29 is 9.15 Å². The fourth-order valence-corrected chi connectivity index (χ4v) is 2.15.